The van der Waals surface area contributed by atoms with Crippen LogP contribution < -0.4 is 0 Å². The van der Waals surface area contributed by atoms with Gasteiger partial charge in [0.05, 0.1) is 18.0 Å². The molecule has 0 aromatic heterocycles. The monoisotopic (exact) mass is 305 g/mol. The minimum Gasteiger partial charge on any atom is -0.466 e. The van der Waals surface area contributed by atoms with Crippen LogP contribution in [0.5, 0.6) is 0 Å². The van der Waals surface area contributed by atoms with Crippen LogP contribution in [0, 0.1) is 15.9 Å². The van der Waals surface area contributed by atoms with E-state index in [9.17, 15) is 19.3 Å². The summed E-state index contributed by atoms with van der Waals surface area (Å²) in [4.78, 5) is 21.0. The van der Waals surface area contributed by atoms with Crippen LogP contribution in [0.3, 0.4) is 0 Å². The van der Waals surface area contributed by atoms with Crippen molar-refractivity contribution < 1.29 is 18.8 Å². The predicted molar refractivity (Wildman–Crippen MR) is 61.1 cm³/mol. The second-order valence-electron chi connectivity index (χ2n) is 3.11. The quantitative estimate of drug-likeness (QED) is 0.487. The summed E-state index contributed by atoms with van der Waals surface area (Å²) in [7, 11) is 0. The van der Waals surface area contributed by atoms with Gasteiger partial charge < -0.3 is 4.74 Å². The summed E-state index contributed by atoms with van der Waals surface area (Å²) in [6.45, 7) is 1.84. The number of nitro benzene ring substituents is 1. The Morgan fingerprint density at radius 2 is 2.24 bits per heavy atom. The number of carbonyl (C=O) groups excluding carboxylic acids is 1. The molecule has 1 rings (SSSR count). The van der Waals surface area contributed by atoms with Gasteiger partial charge in [-0.25, -0.2) is 4.39 Å². The Kier molecular flexibility index (Phi) is 4.56. The maximum Gasteiger partial charge on any atom is 0.310 e. The molecule has 7 heteroatoms. The Hall–Kier alpha value is -1.50. The lowest BCUT2D eigenvalue weighted by Crippen LogP contribution is -2.09. The van der Waals surface area contributed by atoms with Crippen molar-refractivity contribution in [3.8, 4) is 0 Å². The number of nitrogens with zero attached hydrogens (tertiary/aromatic N) is 1. The molecule has 17 heavy (non-hydrogen) atoms. The van der Waals surface area contributed by atoms with Crippen molar-refractivity contribution in [3.63, 3.8) is 0 Å². The molecule has 1 aromatic rings. The predicted octanol–water partition coefficient (Wildman–Crippen LogP) is 2.60. The molecule has 0 saturated heterocycles. The minimum atomic E-state index is -0.813. The third kappa shape index (κ3) is 3.23. The zero-order valence-electron chi connectivity index (χ0n) is 8.91. The molecule has 0 fully saturated rings. The highest BCUT2D eigenvalue weighted by Crippen LogP contribution is 2.29. The molecule has 0 atom stereocenters. The van der Waals surface area contributed by atoms with Crippen LogP contribution in [0.25, 0.3) is 0 Å². The molecule has 0 aliphatic heterocycles. The summed E-state index contributed by atoms with van der Waals surface area (Å²) in [6, 6.07) is 2.34. The highest BCUT2D eigenvalue weighted by atomic mass is 79.9. The van der Waals surface area contributed by atoms with E-state index in [1.165, 1.54) is 6.07 Å². The van der Waals surface area contributed by atoms with Gasteiger partial charge in [0, 0.05) is 11.6 Å². The molecule has 0 amide bonds. The van der Waals surface area contributed by atoms with Crippen LogP contribution >= 0.6 is 15.9 Å². The average molecular weight is 306 g/mol. The number of rotatable bonds is 4. The number of nitro groups is 1. The van der Waals surface area contributed by atoms with Crippen molar-refractivity contribution in [1.29, 1.82) is 0 Å². The van der Waals surface area contributed by atoms with Crippen molar-refractivity contribution >= 4 is 27.6 Å². The number of ether oxygens (including phenoxy) is 1. The summed E-state index contributed by atoms with van der Waals surface area (Å²) < 4.78 is 18.1. The number of hydrogen-bond donors (Lipinski definition) is 0. The summed E-state index contributed by atoms with van der Waals surface area (Å²) in [5.74, 6) is -1.39. The van der Waals surface area contributed by atoms with Crippen LogP contribution in [0.1, 0.15) is 12.5 Å². The first kappa shape index (κ1) is 13.6. The third-order valence-corrected chi connectivity index (χ3v) is 2.73. The molecule has 0 spiro atoms. The fourth-order valence-electron chi connectivity index (χ4n) is 1.22. The van der Waals surface area contributed by atoms with E-state index in [1.807, 2.05) is 0 Å². The van der Waals surface area contributed by atoms with Gasteiger partial charge in [-0.05, 0) is 28.9 Å². The molecule has 0 unspecified atom stereocenters. The number of halogens is 2. The van der Waals surface area contributed by atoms with Gasteiger partial charge in [0.1, 0.15) is 10.3 Å². The Morgan fingerprint density at radius 1 is 1.59 bits per heavy atom. The second kappa shape index (κ2) is 5.72. The van der Waals surface area contributed by atoms with Gasteiger partial charge in [-0.1, -0.05) is 0 Å². The van der Waals surface area contributed by atoms with Crippen molar-refractivity contribution in [2.24, 2.45) is 0 Å². The van der Waals surface area contributed by atoms with Gasteiger partial charge in [-0.3, -0.25) is 14.9 Å². The molecule has 0 heterocycles. The van der Waals surface area contributed by atoms with Gasteiger partial charge in [0.2, 0.25) is 0 Å². The van der Waals surface area contributed by atoms with Crippen LogP contribution in [-0.2, 0) is 16.0 Å². The van der Waals surface area contributed by atoms with Crippen molar-refractivity contribution in [2.75, 3.05) is 6.61 Å². The standard InChI is InChI=1S/C10H9BrFNO4/c1-2-17-8(14)5-6-3-4-7(13(15)16)9(11)10(6)12/h3-4H,2,5H2,1H3. The summed E-state index contributed by atoms with van der Waals surface area (Å²) in [5.41, 5.74) is -0.323. The molecular formula is C10H9BrFNO4. The molecule has 5 nitrogen and oxygen atoms in total. The topological polar surface area (TPSA) is 69.4 Å². The van der Waals surface area contributed by atoms with E-state index in [1.54, 1.807) is 6.92 Å². The lowest BCUT2D eigenvalue weighted by atomic mass is 10.1. The van der Waals surface area contributed by atoms with E-state index in [0.29, 0.717) is 0 Å². The fraction of sp³-hybridized carbons (Fsp3) is 0.300. The fourth-order valence-corrected chi connectivity index (χ4v) is 1.76. The maximum atomic E-state index is 13.7. The smallest absolute Gasteiger partial charge is 0.310 e. The Morgan fingerprint density at radius 3 is 2.76 bits per heavy atom. The molecule has 0 saturated carbocycles. The lowest BCUT2D eigenvalue weighted by Gasteiger charge is -2.05. The van der Waals surface area contributed by atoms with Crippen LogP contribution in [-0.4, -0.2) is 17.5 Å². The van der Waals surface area contributed by atoms with Gasteiger partial charge >= 0.3 is 5.97 Å². The molecule has 0 N–H and O–H groups in total. The lowest BCUT2D eigenvalue weighted by molar-refractivity contribution is -0.385. The third-order valence-electron chi connectivity index (χ3n) is 1.98. The van der Waals surface area contributed by atoms with Gasteiger partial charge in [-0.15, -0.1) is 0 Å². The van der Waals surface area contributed by atoms with E-state index in [-0.39, 0.29) is 28.8 Å². The zero-order valence-corrected chi connectivity index (χ0v) is 10.5. The van der Waals surface area contributed by atoms with Crippen molar-refractivity contribution in [1.82, 2.24) is 0 Å². The molecule has 0 aliphatic carbocycles. The minimum absolute atomic E-state index is 0.0564. The Bertz CT molecular complexity index is 464. The molecule has 0 aliphatic rings. The number of hydrogen-bond acceptors (Lipinski definition) is 4. The SMILES string of the molecule is CCOC(=O)Cc1ccc([N+](=O)[O-])c(Br)c1F. The van der Waals surface area contributed by atoms with Gasteiger partial charge in [0.15, 0.2) is 0 Å². The normalized spacial score (nSPS) is 10.1. The van der Waals surface area contributed by atoms with Crippen molar-refractivity contribution in [2.45, 2.75) is 13.3 Å². The number of esters is 1. The highest BCUT2D eigenvalue weighted by molar-refractivity contribution is 9.10. The molecule has 0 radical (unpaired) electrons. The van der Waals surface area contributed by atoms with E-state index >= 15 is 0 Å². The van der Waals surface area contributed by atoms with Crippen LogP contribution in [0.4, 0.5) is 10.1 Å². The average Bonchev–Trinajstić information content (AvgIpc) is 2.25. The summed E-state index contributed by atoms with van der Waals surface area (Å²) in [6.07, 6.45) is -0.254. The van der Waals surface area contributed by atoms with E-state index < -0.39 is 16.7 Å². The Labute approximate surface area is 105 Å². The van der Waals surface area contributed by atoms with Crippen LogP contribution in [0.15, 0.2) is 16.6 Å². The zero-order chi connectivity index (χ0) is 13.0. The second-order valence-corrected chi connectivity index (χ2v) is 3.90. The first-order valence-electron chi connectivity index (χ1n) is 4.74. The van der Waals surface area contributed by atoms with Crippen molar-refractivity contribution in [3.05, 3.63) is 38.1 Å². The maximum absolute atomic E-state index is 13.7. The molecule has 1 aromatic carbocycles. The highest BCUT2D eigenvalue weighted by Gasteiger charge is 2.20. The van der Waals surface area contributed by atoms with Gasteiger partial charge in [0.25, 0.3) is 5.69 Å². The van der Waals surface area contributed by atoms with Crippen LogP contribution in [0.2, 0.25) is 0 Å². The largest absolute Gasteiger partial charge is 0.466 e. The first-order chi connectivity index (χ1) is 7.97. The summed E-state index contributed by atoms with van der Waals surface area (Å²) >= 11 is 2.79. The molecule has 0 bridgehead atoms. The number of benzene rings is 1. The number of carbonyl (C=O) groups is 1. The van der Waals surface area contributed by atoms with E-state index in [4.69, 9.17) is 0 Å². The van der Waals surface area contributed by atoms with E-state index in [2.05, 4.69) is 20.7 Å². The Balaban J connectivity index is 3.00. The van der Waals surface area contributed by atoms with E-state index in [0.717, 1.165) is 6.07 Å². The molecular weight excluding hydrogens is 297 g/mol. The first-order valence-corrected chi connectivity index (χ1v) is 5.53. The molecule has 92 valence electrons. The van der Waals surface area contributed by atoms with Gasteiger partial charge in [-0.2, -0.15) is 0 Å². The summed E-state index contributed by atoms with van der Waals surface area (Å²) in [5, 5.41) is 10.5.